The fraction of sp³-hybridized carbons (Fsp3) is 0.571. The second-order valence-corrected chi connectivity index (χ2v) is 6.92. The summed E-state index contributed by atoms with van der Waals surface area (Å²) in [7, 11) is -3.67. The molecule has 0 radical (unpaired) electrons. The molecule has 0 amide bonds. The molecular weight excluding hydrogens is 295 g/mol. The van der Waals surface area contributed by atoms with E-state index < -0.39 is 15.8 Å². The van der Waals surface area contributed by atoms with Gasteiger partial charge in [-0.05, 0) is 30.5 Å². The van der Waals surface area contributed by atoms with E-state index in [0.29, 0.717) is 19.1 Å². The molecular formula is C14H23FN2O3S. The standard InChI is InChI=1S/C14H23FN2O3S/c1-11(2)5-7-20-8-6-17-21(18,19)13-3-4-14(15)12(9-13)10-16/h3-4,9,11,17H,5-8,10,16H2,1-2H3. The summed E-state index contributed by atoms with van der Waals surface area (Å²) in [4.78, 5) is 0.00605. The minimum atomic E-state index is -3.67. The van der Waals surface area contributed by atoms with Gasteiger partial charge in [0.2, 0.25) is 10.0 Å². The summed E-state index contributed by atoms with van der Waals surface area (Å²) >= 11 is 0. The van der Waals surface area contributed by atoms with Gasteiger partial charge in [-0.15, -0.1) is 0 Å². The minimum Gasteiger partial charge on any atom is -0.380 e. The Kier molecular flexibility index (Phi) is 7.24. The molecule has 1 aromatic rings. The van der Waals surface area contributed by atoms with Crippen LogP contribution in [-0.2, 0) is 21.3 Å². The van der Waals surface area contributed by atoms with Crippen molar-refractivity contribution < 1.29 is 17.5 Å². The Balaban J connectivity index is 2.50. The molecule has 120 valence electrons. The van der Waals surface area contributed by atoms with Crippen LogP contribution < -0.4 is 10.5 Å². The van der Waals surface area contributed by atoms with E-state index in [1.54, 1.807) is 0 Å². The summed E-state index contributed by atoms with van der Waals surface area (Å²) < 4.78 is 45.1. The quantitative estimate of drug-likeness (QED) is 0.678. The number of nitrogens with one attached hydrogen (secondary N) is 1. The molecule has 21 heavy (non-hydrogen) atoms. The molecule has 1 rings (SSSR count). The van der Waals surface area contributed by atoms with Crippen molar-refractivity contribution in [1.29, 1.82) is 0 Å². The predicted octanol–water partition coefficient (Wildman–Crippen LogP) is 1.63. The first-order valence-electron chi connectivity index (χ1n) is 6.92. The van der Waals surface area contributed by atoms with E-state index in [4.69, 9.17) is 10.5 Å². The number of hydrogen-bond acceptors (Lipinski definition) is 4. The summed E-state index contributed by atoms with van der Waals surface area (Å²) in [6, 6.07) is 3.57. The first-order chi connectivity index (χ1) is 9.86. The maximum Gasteiger partial charge on any atom is 0.240 e. The number of halogens is 1. The van der Waals surface area contributed by atoms with Gasteiger partial charge in [-0.25, -0.2) is 17.5 Å². The first kappa shape index (κ1) is 18.0. The Bertz CT molecular complexity index is 547. The summed E-state index contributed by atoms with van der Waals surface area (Å²) in [6.07, 6.45) is 0.935. The molecule has 0 bridgehead atoms. The van der Waals surface area contributed by atoms with Gasteiger partial charge in [-0.3, -0.25) is 0 Å². The van der Waals surface area contributed by atoms with Gasteiger partial charge in [0.1, 0.15) is 5.82 Å². The van der Waals surface area contributed by atoms with Crippen LogP contribution in [0.15, 0.2) is 23.1 Å². The highest BCUT2D eigenvalue weighted by atomic mass is 32.2. The Hall–Kier alpha value is -1.02. The molecule has 0 aromatic heterocycles. The topological polar surface area (TPSA) is 81.4 Å². The largest absolute Gasteiger partial charge is 0.380 e. The summed E-state index contributed by atoms with van der Waals surface area (Å²) in [5.41, 5.74) is 5.54. The lowest BCUT2D eigenvalue weighted by molar-refractivity contribution is 0.128. The van der Waals surface area contributed by atoms with Crippen LogP contribution in [0.2, 0.25) is 0 Å². The SMILES string of the molecule is CC(C)CCOCCNS(=O)(=O)c1ccc(F)c(CN)c1. The van der Waals surface area contributed by atoms with Crippen molar-refractivity contribution in [3.8, 4) is 0 Å². The van der Waals surface area contributed by atoms with E-state index in [0.717, 1.165) is 12.5 Å². The van der Waals surface area contributed by atoms with E-state index >= 15 is 0 Å². The van der Waals surface area contributed by atoms with Crippen LogP contribution in [0, 0.1) is 11.7 Å². The highest BCUT2D eigenvalue weighted by Crippen LogP contribution is 2.14. The smallest absolute Gasteiger partial charge is 0.240 e. The van der Waals surface area contributed by atoms with Crippen LogP contribution in [-0.4, -0.2) is 28.2 Å². The van der Waals surface area contributed by atoms with Crippen molar-refractivity contribution in [3.63, 3.8) is 0 Å². The zero-order valence-corrected chi connectivity index (χ0v) is 13.2. The van der Waals surface area contributed by atoms with Crippen LogP contribution in [0.25, 0.3) is 0 Å². The number of rotatable bonds is 9. The zero-order valence-electron chi connectivity index (χ0n) is 12.4. The van der Waals surface area contributed by atoms with Gasteiger partial charge in [0.25, 0.3) is 0 Å². The van der Waals surface area contributed by atoms with Gasteiger partial charge in [0, 0.05) is 25.3 Å². The number of nitrogens with two attached hydrogens (primary N) is 1. The van der Waals surface area contributed by atoms with E-state index in [1.807, 2.05) is 0 Å². The van der Waals surface area contributed by atoms with Gasteiger partial charge < -0.3 is 10.5 Å². The number of ether oxygens (including phenoxy) is 1. The molecule has 0 atom stereocenters. The van der Waals surface area contributed by atoms with E-state index in [9.17, 15) is 12.8 Å². The van der Waals surface area contributed by atoms with Gasteiger partial charge >= 0.3 is 0 Å². The molecule has 0 saturated carbocycles. The highest BCUT2D eigenvalue weighted by molar-refractivity contribution is 7.89. The van der Waals surface area contributed by atoms with Crippen LogP contribution in [0.5, 0.6) is 0 Å². The molecule has 0 aliphatic heterocycles. The van der Waals surface area contributed by atoms with Crippen molar-refractivity contribution in [3.05, 3.63) is 29.6 Å². The molecule has 0 saturated heterocycles. The van der Waals surface area contributed by atoms with Gasteiger partial charge in [-0.1, -0.05) is 13.8 Å². The Labute approximate surface area is 125 Å². The van der Waals surface area contributed by atoms with E-state index in [-0.39, 0.29) is 23.5 Å². The van der Waals surface area contributed by atoms with Gasteiger partial charge in [0.05, 0.1) is 11.5 Å². The monoisotopic (exact) mass is 318 g/mol. The Morgan fingerprint density at radius 2 is 2.05 bits per heavy atom. The maximum absolute atomic E-state index is 13.3. The lowest BCUT2D eigenvalue weighted by Gasteiger charge is -2.09. The van der Waals surface area contributed by atoms with Gasteiger partial charge in [0.15, 0.2) is 0 Å². The van der Waals surface area contributed by atoms with Crippen molar-refractivity contribution in [2.24, 2.45) is 11.7 Å². The highest BCUT2D eigenvalue weighted by Gasteiger charge is 2.15. The lowest BCUT2D eigenvalue weighted by Crippen LogP contribution is -2.28. The van der Waals surface area contributed by atoms with Crippen molar-refractivity contribution in [1.82, 2.24) is 4.72 Å². The van der Waals surface area contributed by atoms with Crippen LogP contribution in [0.1, 0.15) is 25.8 Å². The normalized spacial score (nSPS) is 12.0. The summed E-state index contributed by atoms with van der Waals surface area (Å²) in [5.74, 6) is 0.0454. The molecule has 1 aromatic carbocycles. The zero-order chi connectivity index (χ0) is 15.9. The number of benzene rings is 1. The van der Waals surface area contributed by atoms with E-state index in [2.05, 4.69) is 18.6 Å². The van der Waals surface area contributed by atoms with Crippen molar-refractivity contribution >= 4 is 10.0 Å². The van der Waals surface area contributed by atoms with E-state index in [1.165, 1.54) is 12.1 Å². The molecule has 0 spiro atoms. The van der Waals surface area contributed by atoms with Crippen LogP contribution in [0.4, 0.5) is 4.39 Å². The van der Waals surface area contributed by atoms with Gasteiger partial charge in [-0.2, -0.15) is 0 Å². The number of hydrogen-bond donors (Lipinski definition) is 2. The maximum atomic E-state index is 13.3. The third-order valence-corrected chi connectivity index (χ3v) is 4.38. The third kappa shape index (κ3) is 6.09. The molecule has 0 aliphatic carbocycles. The Morgan fingerprint density at radius 1 is 1.33 bits per heavy atom. The second-order valence-electron chi connectivity index (χ2n) is 5.15. The van der Waals surface area contributed by atoms with Crippen LogP contribution in [0.3, 0.4) is 0 Å². The van der Waals surface area contributed by atoms with Crippen LogP contribution >= 0.6 is 0 Å². The number of sulfonamides is 1. The fourth-order valence-corrected chi connectivity index (χ4v) is 2.69. The Morgan fingerprint density at radius 3 is 2.67 bits per heavy atom. The average molecular weight is 318 g/mol. The lowest BCUT2D eigenvalue weighted by atomic mass is 10.1. The minimum absolute atomic E-state index is 0.00605. The third-order valence-electron chi connectivity index (χ3n) is 2.93. The molecule has 0 aliphatic rings. The summed E-state index contributed by atoms with van der Waals surface area (Å²) in [6.45, 7) is 5.22. The fourth-order valence-electron chi connectivity index (χ4n) is 1.63. The molecule has 0 unspecified atom stereocenters. The van der Waals surface area contributed by atoms with Crippen molar-refractivity contribution in [2.45, 2.75) is 31.7 Å². The average Bonchev–Trinajstić information content (AvgIpc) is 2.42. The summed E-state index contributed by atoms with van der Waals surface area (Å²) in [5, 5.41) is 0. The molecule has 0 fully saturated rings. The first-order valence-corrected chi connectivity index (χ1v) is 8.41. The molecule has 3 N–H and O–H groups in total. The van der Waals surface area contributed by atoms with Crippen molar-refractivity contribution in [2.75, 3.05) is 19.8 Å². The molecule has 7 heteroatoms. The molecule has 0 heterocycles. The second kappa shape index (κ2) is 8.43. The predicted molar refractivity (Wildman–Crippen MR) is 79.8 cm³/mol. The molecule has 5 nitrogen and oxygen atoms in total.